The molecule has 406 valence electrons. The number of rotatable bonds is 12. The number of carboxylic acid groups (broad SMARTS) is 1. The molecule has 0 bridgehead atoms. The molecule has 8 N–H and O–H groups in total. The minimum absolute atomic E-state index is 0.0193. The minimum atomic E-state index is -1.97. The Kier molecular flexibility index (Phi) is 15.9. The fourth-order valence-electron chi connectivity index (χ4n) is 14.8. The quantitative estimate of drug-likeness (QED) is 0.0458. The number of carbonyl (C=O) groups is 4. The monoisotopic (exact) mass is 1020 g/mol. The van der Waals surface area contributed by atoms with Crippen LogP contribution >= 0.6 is 0 Å². The molecule has 5 aliphatic carbocycles. The lowest BCUT2D eigenvalue weighted by Gasteiger charge is -2.72. The Hall–Kier alpha value is -3.34. The molecule has 0 unspecified atom stereocenters. The number of aliphatic carboxylic acids is 1. The van der Waals surface area contributed by atoms with Crippen molar-refractivity contribution in [1.29, 1.82) is 0 Å². The molecule has 6 fully saturated rings. The third kappa shape index (κ3) is 9.00. The van der Waals surface area contributed by atoms with Gasteiger partial charge in [-0.15, -0.1) is 0 Å². The van der Waals surface area contributed by atoms with Gasteiger partial charge < -0.3 is 74.0 Å². The summed E-state index contributed by atoms with van der Waals surface area (Å²) in [4.78, 5) is 52.8. The summed E-state index contributed by atoms with van der Waals surface area (Å²) in [5.41, 5.74) is -3.13. The summed E-state index contributed by atoms with van der Waals surface area (Å²) < 4.78 is 42.0. The van der Waals surface area contributed by atoms with Crippen molar-refractivity contribution in [2.24, 2.45) is 50.2 Å². The van der Waals surface area contributed by atoms with E-state index in [0.29, 0.717) is 49.7 Å². The van der Waals surface area contributed by atoms with Crippen LogP contribution in [0.1, 0.15) is 121 Å². The van der Waals surface area contributed by atoms with Gasteiger partial charge >= 0.3 is 23.9 Å². The molecule has 21 atom stereocenters. The Bertz CT molecular complexity index is 2170. The summed E-state index contributed by atoms with van der Waals surface area (Å²) in [6.07, 6.45) is -11.3. The first-order valence-electron chi connectivity index (χ1n) is 25.6. The Balaban J connectivity index is 1.23. The average Bonchev–Trinajstić information content (AvgIpc) is 3.31. The molecular formula is C53H80O19. The first kappa shape index (κ1) is 56.4. The normalized spacial score (nSPS) is 47.1. The van der Waals surface area contributed by atoms with Gasteiger partial charge in [-0.1, -0.05) is 65.3 Å². The molecule has 0 aromatic carbocycles. The van der Waals surface area contributed by atoms with Gasteiger partial charge in [0.15, 0.2) is 24.8 Å². The summed E-state index contributed by atoms with van der Waals surface area (Å²) >= 11 is 0. The maximum Gasteiger partial charge on any atom is 0.335 e. The van der Waals surface area contributed by atoms with Crippen LogP contribution in [0.15, 0.2) is 34.9 Å². The van der Waals surface area contributed by atoms with Crippen molar-refractivity contribution in [3.63, 3.8) is 0 Å². The molecule has 7 rings (SSSR count). The molecule has 2 heterocycles. The van der Waals surface area contributed by atoms with Crippen molar-refractivity contribution in [2.45, 2.75) is 201 Å². The Morgan fingerprint density at radius 3 is 1.97 bits per heavy atom. The van der Waals surface area contributed by atoms with Gasteiger partial charge in [0.25, 0.3) is 0 Å². The second-order valence-corrected chi connectivity index (χ2v) is 23.7. The molecule has 0 radical (unpaired) electrons. The van der Waals surface area contributed by atoms with E-state index in [1.54, 1.807) is 39.8 Å². The van der Waals surface area contributed by atoms with Gasteiger partial charge in [-0.2, -0.15) is 0 Å². The predicted octanol–water partition coefficient (Wildman–Crippen LogP) is 3.01. The van der Waals surface area contributed by atoms with Crippen molar-refractivity contribution in [3.8, 4) is 0 Å². The number of carboxylic acids is 1. The number of esters is 3. The van der Waals surface area contributed by atoms with E-state index in [4.69, 9.17) is 33.2 Å². The first-order chi connectivity index (χ1) is 33.5. The number of aliphatic hydroxyl groups excluding tert-OH is 7. The number of hydrogen-bond acceptors (Lipinski definition) is 18. The molecule has 4 saturated carbocycles. The minimum Gasteiger partial charge on any atom is -0.479 e. The molecule has 0 amide bonds. The summed E-state index contributed by atoms with van der Waals surface area (Å²) in [6.45, 7) is 19.4. The van der Waals surface area contributed by atoms with Crippen LogP contribution in [0, 0.1) is 50.2 Å². The third-order valence-electron chi connectivity index (χ3n) is 19.5. The van der Waals surface area contributed by atoms with Gasteiger partial charge in [0, 0.05) is 28.9 Å². The van der Waals surface area contributed by atoms with Gasteiger partial charge in [-0.05, 0) is 107 Å². The number of hydrogen-bond donors (Lipinski definition) is 8. The summed E-state index contributed by atoms with van der Waals surface area (Å²) in [6, 6.07) is 0. The zero-order valence-corrected chi connectivity index (χ0v) is 43.6. The van der Waals surface area contributed by atoms with Gasteiger partial charge in [0.05, 0.1) is 30.8 Å². The predicted molar refractivity (Wildman–Crippen MR) is 254 cm³/mol. The Labute approximate surface area is 421 Å². The second-order valence-electron chi connectivity index (χ2n) is 23.7. The largest absolute Gasteiger partial charge is 0.479 e. The molecule has 2 saturated heterocycles. The van der Waals surface area contributed by atoms with Gasteiger partial charge in [0.1, 0.15) is 49.3 Å². The number of ether oxygens (including phenoxy) is 7. The smallest absolute Gasteiger partial charge is 0.335 e. The molecule has 7 aliphatic rings. The van der Waals surface area contributed by atoms with Crippen molar-refractivity contribution in [3.05, 3.63) is 34.9 Å². The number of aliphatic hydroxyl groups is 7. The molecule has 19 nitrogen and oxygen atoms in total. The fraction of sp³-hybridized carbons (Fsp3) is 0.811. The van der Waals surface area contributed by atoms with Crippen LogP contribution in [0.2, 0.25) is 0 Å². The first-order valence-corrected chi connectivity index (χ1v) is 25.6. The van der Waals surface area contributed by atoms with Crippen molar-refractivity contribution in [1.82, 2.24) is 0 Å². The van der Waals surface area contributed by atoms with Crippen LogP contribution < -0.4 is 0 Å². The van der Waals surface area contributed by atoms with Gasteiger partial charge in [-0.3, -0.25) is 4.79 Å². The molecule has 72 heavy (non-hydrogen) atoms. The summed E-state index contributed by atoms with van der Waals surface area (Å²) in [5, 5.41) is 88.3. The molecular weight excluding hydrogens is 941 g/mol. The van der Waals surface area contributed by atoms with E-state index in [1.807, 2.05) is 20.8 Å². The van der Waals surface area contributed by atoms with Crippen LogP contribution in [-0.4, -0.2) is 164 Å². The topological polar surface area (TPSA) is 295 Å². The third-order valence-corrected chi connectivity index (χ3v) is 19.5. The SMILES string of the molecule is C/C=C(/C)C(=O)O[C@H]1[C@H](OC(=O)/C(C)=C\C)[C@]2(COC(C)=O)[C@H](O)C[C@]3(C)C(=CC[C@H]4[C@@]5(C)CC[C@H](O[C@@H]6O[C@H](C(=O)O)[C@@H](O)[C@H](O[C@@H]7OC[C@H](O)[C@H](O)[C@H]7O)[C@H]6O)[C@@](C)(CO)[C@@H]5CC[C@]43C)[C@@H]2CC1(C)C. The lowest BCUT2D eigenvalue weighted by Crippen LogP contribution is -2.73. The Morgan fingerprint density at radius 2 is 1.39 bits per heavy atom. The summed E-state index contributed by atoms with van der Waals surface area (Å²) in [5.74, 6) is -4.14. The van der Waals surface area contributed by atoms with Crippen molar-refractivity contribution < 1.29 is 93.2 Å². The second kappa shape index (κ2) is 20.3. The van der Waals surface area contributed by atoms with Crippen LogP contribution in [0.5, 0.6) is 0 Å². The van der Waals surface area contributed by atoms with Crippen LogP contribution in [0.3, 0.4) is 0 Å². The van der Waals surface area contributed by atoms with Gasteiger partial charge in [0.2, 0.25) is 0 Å². The van der Waals surface area contributed by atoms with Crippen molar-refractivity contribution in [2.75, 3.05) is 19.8 Å². The number of carbonyl (C=O) groups excluding carboxylic acids is 3. The zero-order chi connectivity index (χ0) is 53.4. The van der Waals surface area contributed by atoms with E-state index in [2.05, 4.69) is 26.8 Å². The highest BCUT2D eigenvalue weighted by atomic mass is 16.7. The highest BCUT2D eigenvalue weighted by molar-refractivity contribution is 5.89. The standard InChI is InChI=1S/C53H80O19/c1-12-25(3)44(64)71-41-42(72-45(65)26(4)13-2)53(24-67-27(5)55)29(20-48(41,6)7)28-14-15-32-49(8)18-17-34(50(9,23-54)31(49)16-19-51(32,10)52(28,11)21-33(53)57)68-47-38(61)39(37(60)40(70-47)43(62)63)69-46-36(59)35(58)30(56)22-66-46/h12-14,29-42,46-47,54,56-61H,15-24H2,1-11H3,(H,62,63)/b25-12-,26-13-/t29-,30-,31+,32-,33+,34-,35-,36+,37-,38+,39-,40-,41-,42-,46-,47+,49-,50-,51+,52+,53-/m0/s1. The van der Waals surface area contributed by atoms with Crippen LogP contribution in [0.25, 0.3) is 0 Å². The molecule has 0 aromatic rings. The van der Waals surface area contributed by atoms with E-state index in [-0.39, 0.29) is 31.5 Å². The van der Waals surface area contributed by atoms with E-state index in [9.17, 15) is 60.0 Å². The fourth-order valence-corrected chi connectivity index (χ4v) is 14.8. The number of allylic oxidation sites excluding steroid dienone is 4. The lowest BCUT2D eigenvalue weighted by molar-refractivity contribution is -0.358. The van der Waals surface area contributed by atoms with Crippen molar-refractivity contribution >= 4 is 23.9 Å². The molecule has 0 aromatic heterocycles. The maximum absolute atomic E-state index is 13.9. The van der Waals surface area contributed by atoms with E-state index >= 15 is 0 Å². The molecule has 0 spiro atoms. The van der Waals surface area contributed by atoms with Crippen LogP contribution in [-0.2, 0) is 52.3 Å². The molecule has 19 heteroatoms. The Morgan fingerprint density at radius 1 is 0.764 bits per heavy atom. The maximum atomic E-state index is 13.9. The van der Waals surface area contributed by atoms with Gasteiger partial charge in [-0.25, -0.2) is 14.4 Å². The van der Waals surface area contributed by atoms with E-state index in [1.165, 1.54) is 6.92 Å². The van der Waals surface area contributed by atoms with E-state index < -0.39 is 149 Å². The number of fused-ring (bicyclic) bond motifs is 7. The highest BCUT2D eigenvalue weighted by Crippen LogP contribution is 2.76. The molecule has 2 aliphatic heterocycles. The zero-order valence-electron chi connectivity index (χ0n) is 43.6. The highest BCUT2D eigenvalue weighted by Gasteiger charge is 2.74. The lowest BCUT2D eigenvalue weighted by atomic mass is 9.33. The van der Waals surface area contributed by atoms with Crippen LogP contribution in [0.4, 0.5) is 0 Å². The average molecular weight is 1020 g/mol. The van der Waals surface area contributed by atoms with E-state index in [0.717, 1.165) is 5.57 Å². The summed E-state index contributed by atoms with van der Waals surface area (Å²) in [7, 11) is 0.